The summed E-state index contributed by atoms with van der Waals surface area (Å²) < 4.78 is 6.07. The lowest BCUT2D eigenvalue weighted by Gasteiger charge is -2.16. The third kappa shape index (κ3) is 4.72. The van der Waals surface area contributed by atoms with Gasteiger partial charge in [-0.1, -0.05) is 66.7 Å². The number of anilines is 1. The van der Waals surface area contributed by atoms with Gasteiger partial charge in [0.2, 0.25) is 11.8 Å². The van der Waals surface area contributed by atoms with Crippen LogP contribution in [-0.2, 0) is 16.1 Å². The molecule has 0 spiro atoms. The second-order valence-corrected chi connectivity index (χ2v) is 8.25. The molecule has 1 aliphatic rings. The van der Waals surface area contributed by atoms with Gasteiger partial charge in [-0.3, -0.25) is 9.59 Å². The van der Waals surface area contributed by atoms with Gasteiger partial charge in [0.05, 0.1) is 5.92 Å². The number of rotatable bonds is 6. The molecule has 1 saturated heterocycles. The summed E-state index contributed by atoms with van der Waals surface area (Å²) in [4.78, 5) is 26.9. The molecule has 1 aliphatic heterocycles. The van der Waals surface area contributed by atoms with E-state index < -0.39 is 0 Å². The molecule has 33 heavy (non-hydrogen) atoms. The first-order valence-electron chi connectivity index (χ1n) is 11.0. The van der Waals surface area contributed by atoms with Gasteiger partial charge in [-0.05, 0) is 41.3 Å². The molecule has 0 unspecified atom stereocenters. The van der Waals surface area contributed by atoms with E-state index in [4.69, 9.17) is 4.74 Å². The molecule has 0 saturated carbocycles. The van der Waals surface area contributed by atoms with Crippen LogP contribution in [0.3, 0.4) is 0 Å². The summed E-state index contributed by atoms with van der Waals surface area (Å²) >= 11 is 0. The van der Waals surface area contributed by atoms with Gasteiger partial charge in [0.25, 0.3) is 0 Å². The third-order valence-electron chi connectivity index (χ3n) is 5.90. The maximum Gasteiger partial charge on any atom is 0.229 e. The van der Waals surface area contributed by atoms with Crippen molar-refractivity contribution in [1.29, 1.82) is 0 Å². The molecule has 2 amide bonds. The number of benzene rings is 4. The van der Waals surface area contributed by atoms with Crippen molar-refractivity contribution < 1.29 is 14.3 Å². The number of likely N-dealkylation sites (tertiary alicyclic amines) is 1. The summed E-state index contributed by atoms with van der Waals surface area (Å²) in [6.45, 7) is 0.964. The molecule has 1 fully saturated rings. The number of hydrogen-bond donors (Lipinski definition) is 1. The fraction of sp³-hybridized carbons (Fsp3) is 0.143. The number of ether oxygens (including phenoxy) is 1. The standard InChI is InChI=1S/C28H24N2O3/c31-27-17-22(19-30(27)18-20-7-2-1-3-8-20)28(32)29-23-13-15-24(16-14-23)33-26-12-6-10-21-9-4-5-11-25(21)26/h1-16,22H,17-19H2,(H,29,32)/t22-/m0/s1. The number of hydrogen-bond acceptors (Lipinski definition) is 3. The first kappa shape index (κ1) is 20.8. The van der Waals surface area contributed by atoms with E-state index in [1.807, 2.05) is 84.9 Å². The summed E-state index contributed by atoms with van der Waals surface area (Å²) in [6, 6.07) is 31.2. The third-order valence-corrected chi connectivity index (χ3v) is 5.90. The molecule has 5 heteroatoms. The second kappa shape index (κ2) is 9.17. The van der Waals surface area contributed by atoms with Gasteiger partial charge < -0.3 is 15.0 Å². The predicted octanol–water partition coefficient (Wildman–Crippen LogP) is 5.62. The van der Waals surface area contributed by atoms with E-state index in [-0.39, 0.29) is 24.2 Å². The van der Waals surface area contributed by atoms with E-state index in [0.717, 1.165) is 22.1 Å². The zero-order valence-electron chi connectivity index (χ0n) is 18.1. The maximum atomic E-state index is 12.8. The van der Waals surface area contributed by atoms with Crippen LogP contribution in [0.5, 0.6) is 11.5 Å². The first-order valence-corrected chi connectivity index (χ1v) is 11.0. The van der Waals surface area contributed by atoms with E-state index in [9.17, 15) is 9.59 Å². The van der Waals surface area contributed by atoms with Crippen LogP contribution in [0.15, 0.2) is 97.1 Å². The Morgan fingerprint density at radius 1 is 0.879 bits per heavy atom. The Kier molecular flexibility index (Phi) is 5.77. The Morgan fingerprint density at radius 3 is 2.42 bits per heavy atom. The van der Waals surface area contributed by atoms with E-state index in [1.165, 1.54) is 0 Å². The van der Waals surface area contributed by atoms with Crippen molar-refractivity contribution in [3.8, 4) is 11.5 Å². The van der Waals surface area contributed by atoms with E-state index in [1.54, 1.807) is 4.90 Å². The summed E-state index contributed by atoms with van der Waals surface area (Å²) in [5.74, 6) is 0.995. The highest BCUT2D eigenvalue weighted by molar-refractivity contribution is 5.97. The normalized spacial score (nSPS) is 15.6. The lowest BCUT2D eigenvalue weighted by molar-refractivity contribution is -0.128. The van der Waals surface area contributed by atoms with Crippen molar-refractivity contribution in [2.24, 2.45) is 5.92 Å². The molecule has 1 heterocycles. The molecule has 5 rings (SSSR count). The summed E-state index contributed by atoms with van der Waals surface area (Å²) in [5, 5.41) is 5.10. The van der Waals surface area contributed by atoms with Crippen molar-refractivity contribution in [3.63, 3.8) is 0 Å². The Labute approximate surface area is 192 Å². The smallest absolute Gasteiger partial charge is 0.229 e. The first-order chi connectivity index (χ1) is 16.2. The highest BCUT2D eigenvalue weighted by Gasteiger charge is 2.34. The predicted molar refractivity (Wildman–Crippen MR) is 129 cm³/mol. The Bertz CT molecular complexity index is 1280. The van der Waals surface area contributed by atoms with Crippen LogP contribution in [0, 0.1) is 5.92 Å². The lowest BCUT2D eigenvalue weighted by Crippen LogP contribution is -2.28. The number of carbonyl (C=O) groups is 2. The van der Waals surface area contributed by atoms with Gasteiger partial charge in [0, 0.05) is 30.6 Å². The van der Waals surface area contributed by atoms with Crippen molar-refractivity contribution >= 4 is 28.3 Å². The Morgan fingerprint density at radius 2 is 1.61 bits per heavy atom. The quantitative estimate of drug-likeness (QED) is 0.427. The number of fused-ring (bicyclic) bond motifs is 1. The van der Waals surface area contributed by atoms with Gasteiger partial charge >= 0.3 is 0 Å². The number of nitrogens with one attached hydrogen (secondary N) is 1. The molecule has 1 N–H and O–H groups in total. The van der Waals surface area contributed by atoms with Crippen LogP contribution >= 0.6 is 0 Å². The fourth-order valence-electron chi connectivity index (χ4n) is 4.17. The molecule has 5 nitrogen and oxygen atoms in total. The zero-order chi connectivity index (χ0) is 22.6. The Hall–Kier alpha value is -4.12. The average Bonchev–Trinajstić information content (AvgIpc) is 3.21. The van der Waals surface area contributed by atoms with Crippen molar-refractivity contribution in [2.45, 2.75) is 13.0 Å². The Balaban J connectivity index is 1.20. The zero-order valence-corrected chi connectivity index (χ0v) is 18.1. The van der Waals surface area contributed by atoms with Crippen molar-refractivity contribution in [3.05, 3.63) is 103 Å². The minimum atomic E-state index is -0.354. The SMILES string of the molecule is O=C(Nc1ccc(Oc2cccc3ccccc23)cc1)[C@H]1CC(=O)N(Cc2ccccc2)C1. The average molecular weight is 437 g/mol. The highest BCUT2D eigenvalue weighted by Crippen LogP contribution is 2.30. The summed E-state index contributed by atoms with van der Waals surface area (Å²) in [5.41, 5.74) is 1.74. The topological polar surface area (TPSA) is 58.6 Å². The molecular weight excluding hydrogens is 412 g/mol. The molecular formula is C28H24N2O3. The van der Waals surface area contributed by atoms with Crippen LogP contribution < -0.4 is 10.1 Å². The fourth-order valence-corrected chi connectivity index (χ4v) is 4.17. The molecule has 4 aromatic carbocycles. The number of carbonyl (C=O) groups excluding carboxylic acids is 2. The number of amides is 2. The van der Waals surface area contributed by atoms with E-state index >= 15 is 0 Å². The minimum absolute atomic E-state index is 0.0119. The maximum absolute atomic E-state index is 12.8. The second-order valence-electron chi connectivity index (χ2n) is 8.25. The van der Waals surface area contributed by atoms with Crippen LogP contribution in [-0.4, -0.2) is 23.3 Å². The van der Waals surface area contributed by atoms with Gasteiger partial charge in [-0.25, -0.2) is 0 Å². The van der Waals surface area contributed by atoms with Gasteiger partial charge in [0.15, 0.2) is 0 Å². The van der Waals surface area contributed by atoms with Crippen LogP contribution in [0.4, 0.5) is 5.69 Å². The molecule has 0 aromatic heterocycles. The number of nitrogens with zero attached hydrogens (tertiary/aromatic N) is 1. The van der Waals surface area contributed by atoms with Crippen molar-refractivity contribution in [1.82, 2.24) is 4.90 Å². The van der Waals surface area contributed by atoms with Crippen molar-refractivity contribution in [2.75, 3.05) is 11.9 Å². The summed E-state index contributed by atoms with van der Waals surface area (Å²) in [7, 11) is 0. The van der Waals surface area contributed by atoms with Crippen LogP contribution in [0.1, 0.15) is 12.0 Å². The van der Waals surface area contributed by atoms with Crippen LogP contribution in [0.2, 0.25) is 0 Å². The minimum Gasteiger partial charge on any atom is -0.457 e. The molecule has 1 atom stereocenters. The van der Waals surface area contributed by atoms with E-state index in [2.05, 4.69) is 17.4 Å². The largest absolute Gasteiger partial charge is 0.457 e. The molecule has 4 aromatic rings. The van der Waals surface area contributed by atoms with Gasteiger partial charge in [-0.15, -0.1) is 0 Å². The van der Waals surface area contributed by atoms with E-state index in [0.29, 0.717) is 24.5 Å². The molecule has 164 valence electrons. The van der Waals surface area contributed by atoms with Crippen LogP contribution in [0.25, 0.3) is 10.8 Å². The lowest BCUT2D eigenvalue weighted by atomic mass is 10.1. The monoisotopic (exact) mass is 436 g/mol. The highest BCUT2D eigenvalue weighted by atomic mass is 16.5. The van der Waals surface area contributed by atoms with Gasteiger partial charge in [-0.2, -0.15) is 0 Å². The molecule has 0 aliphatic carbocycles. The van der Waals surface area contributed by atoms with Gasteiger partial charge in [0.1, 0.15) is 11.5 Å². The summed E-state index contributed by atoms with van der Waals surface area (Å²) in [6.07, 6.45) is 0.237. The molecule has 0 bridgehead atoms. The molecule has 0 radical (unpaired) electrons.